The second kappa shape index (κ2) is 4.33. The van der Waals surface area contributed by atoms with E-state index in [1.165, 1.54) is 10.8 Å². The highest BCUT2D eigenvalue weighted by molar-refractivity contribution is 6.28. The summed E-state index contributed by atoms with van der Waals surface area (Å²) in [6, 6.07) is 1.67. The van der Waals surface area contributed by atoms with Gasteiger partial charge in [-0.25, -0.2) is 14.3 Å². The molecular weight excluding hydrogens is 240 g/mol. The van der Waals surface area contributed by atoms with Gasteiger partial charge in [-0.3, -0.25) is 0 Å². The van der Waals surface area contributed by atoms with Gasteiger partial charge < -0.3 is 4.57 Å². The maximum atomic E-state index is 12.0. The lowest BCUT2D eigenvalue weighted by Crippen LogP contribution is -2.23. The molecule has 0 aliphatic heterocycles. The molecule has 5 nitrogen and oxygen atoms in total. The Bertz CT molecular complexity index is 600. The molecule has 0 aromatic carbocycles. The number of aromatic nitrogens is 4. The summed E-state index contributed by atoms with van der Waals surface area (Å²) in [6.45, 7) is 4.04. The normalized spacial score (nSPS) is 11.1. The van der Waals surface area contributed by atoms with E-state index in [0.29, 0.717) is 5.82 Å². The van der Waals surface area contributed by atoms with Crippen LogP contribution in [0, 0.1) is 0 Å². The Morgan fingerprint density at radius 2 is 2.12 bits per heavy atom. The lowest BCUT2D eigenvalue weighted by Gasteiger charge is -2.08. The fraction of sp³-hybridized carbons (Fsp3) is 0.364. The van der Waals surface area contributed by atoms with Crippen LogP contribution in [0.4, 0.5) is 0 Å². The van der Waals surface area contributed by atoms with Crippen LogP contribution < -0.4 is 5.69 Å². The summed E-state index contributed by atoms with van der Waals surface area (Å²) in [7, 11) is 1.72. The van der Waals surface area contributed by atoms with Gasteiger partial charge in [0.15, 0.2) is 0 Å². The molecule has 0 bridgehead atoms. The fourth-order valence-corrected chi connectivity index (χ4v) is 1.81. The number of hydrogen-bond donors (Lipinski definition) is 0. The van der Waals surface area contributed by atoms with Crippen LogP contribution in [0.25, 0.3) is 5.82 Å². The highest BCUT2D eigenvalue weighted by Crippen LogP contribution is 2.16. The number of halogens is 1. The molecule has 6 heteroatoms. The van der Waals surface area contributed by atoms with Crippen molar-refractivity contribution in [3.8, 4) is 5.82 Å². The molecule has 0 atom stereocenters. The molecule has 0 unspecified atom stereocenters. The second-order valence-electron chi connectivity index (χ2n) is 4.12. The highest BCUT2D eigenvalue weighted by atomic mass is 35.5. The lowest BCUT2D eigenvalue weighted by atomic mass is 10.1. The maximum Gasteiger partial charge on any atom is 0.333 e. The Balaban J connectivity index is 2.70. The van der Waals surface area contributed by atoms with E-state index in [1.54, 1.807) is 17.7 Å². The van der Waals surface area contributed by atoms with Gasteiger partial charge in [0.1, 0.15) is 5.82 Å². The van der Waals surface area contributed by atoms with Crippen molar-refractivity contribution in [1.82, 2.24) is 19.1 Å². The molecular formula is C11H13ClN4O. The summed E-state index contributed by atoms with van der Waals surface area (Å²) in [6.07, 6.45) is 3.34. The molecule has 0 amide bonds. The van der Waals surface area contributed by atoms with Crippen LogP contribution in [0.5, 0.6) is 0 Å². The van der Waals surface area contributed by atoms with Gasteiger partial charge in [-0.15, -0.1) is 0 Å². The van der Waals surface area contributed by atoms with Crippen molar-refractivity contribution in [3.05, 3.63) is 39.9 Å². The molecule has 0 saturated heterocycles. The SMILES string of the molecule is CC(C)c1cn(C)c(=O)n1-c1ccnc(Cl)n1. The van der Waals surface area contributed by atoms with Crippen LogP contribution in [0.15, 0.2) is 23.3 Å². The number of imidazole rings is 1. The van der Waals surface area contributed by atoms with E-state index in [2.05, 4.69) is 9.97 Å². The Kier molecular flexibility index (Phi) is 3.02. The van der Waals surface area contributed by atoms with Gasteiger partial charge in [-0.2, -0.15) is 4.98 Å². The summed E-state index contributed by atoms with van der Waals surface area (Å²) in [5.74, 6) is 0.719. The van der Waals surface area contributed by atoms with Gasteiger partial charge in [0, 0.05) is 31.2 Å². The van der Waals surface area contributed by atoms with Gasteiger partial charge in [-0.05, 0) is 17.5 Å². The van der Waals surface area contributed by atoms with Crippen LogP contribution in [0.2, 0.25) is 5.28 Å². The third-order valence-corrected chi connectivity index (χ3v) is 2.69. The molecule has 2 aromatic heterocycles. The van der Waals surface area contributed by atoms with Crippen LogP contribution >= 0.6 is 11.6 Å². The van der Waals surface area contributed by atoms with Crippen molar-refractivity contribution in [2.75, 3.05) is 0 Å². The van der Waals surface area contributed by atoms with Crippen LogP contribution in [-0.4, -0.2) is 19.1 Å². The molecule has 17 heavy (non-hydrogen) atoms. The van der Waals surface area contributed by atoms with Crippen LogP contribution in [0.1, 0.15) is 25.5 Å². The van der Waals surface area contributed by atoms with E-state index in [9.17, 15) is 4.79 Å². The lowest BCUT2D eigenvalue weighted by molar-refractivity contribution is 0.755. The molecule has 0 aliphatic rings. The predicted molar refractivity (Wildman–Crippen MR) is 65.7 cm³/mol. The summed E-state index contributed by atoms with van der Waals surface area (Å²) >= 11 is 5.74. The van der Waals surface area contributed by atoms with E-state index >= 15 is 0 Å². The molecule has 0 radical (unpaired) electrons. The van der Waals surface area contributed by atoms with Crippen molar-refractivity contribution < 1.29 is 0 Å². The topological polar surface area (TPSA) is 52.7 Å². The number of aryl methyl sites for hydroxylation is 1. The first-order chi connectivity index (χ1) is 8.00. The Morgan fingerprint density at radius 1 is 1.41 bits per heavy atom. The molecule has 2 heterocycles. The highest BCUT2D eigenvalue weighted by Gasteiger charge is 2.14. The minimum absolute atomic E-state index is 0.132. The monoisotopic (exact) mass is 252 g/mol. The third-order valence-electron chi connectivity index (χ3n) is 2.51. The quantitative estimate of drug-likeness (QED) is 0.765. The standard InChI is InChI=1S/C11H13ClN4O/c1-7(2)8-6-15(3)11(17)16(8)9-4-5-13-10(12)14-9/h4-7H,1-3H3. The van der Waals surface area contributed by atoms with Gasteiger partial charge in [-0.1, -0.05) is 13.8 Å². The minimum Gasteiger partial charge on any atom is -0.302 e. The molecule has 90 valence electrons. The largest absolute Gasteiger partial charge is 0.333 e. The van der Waals surface area contributed by atoms with Gasteiger partial charge >= 0.3 is 5.69 Å². The summed E-state index contributed by atoms with van der Waals surface area (Å²) in [5.41, 5.74) is 0.760. The zero-order chi connectivity index (χ0) is 12.6. The molecule has 0 aliphatic carbocycles. The van der Waals surface area contributed by atoms with E-state index < -0.39 is 0 Å². The van der Waals surface area contributed by atoms with Crippen molar-refractivity contribution in [1.29, 1.82) is 0 Å². The summed E-state index contributed by atoms with van der Waals surface area (Å²) < 4.78 is 3.09. The predicted octanol–water partition coefficient (Wildman–Crippen LogP) is 1.74. The maximum absolute atomic E-state index is 12.0. The average Bonchev–Trinajstić information content (AvgIpc) is 2.56. The first-order valence-corrected chi connectivity index (χ1v) is 5.65. The van der Waals surface area contributed by atoms with Crippen LogP contribution in [-0.2, 0) is 7.05 Å². The number of rotatable bonds is 2. The number of nitrogens with zero attached hydrogens (tertiary/aromatic N) is 4. The summed E-state index contributed by atoms with van der Waals surface area (Å²) in [5, 5.41) is 0.132. The minimum atomic E-state index is -0.136. The third kappa shape index (κ3) is 2.10. The van der Waals surface area contributed by atoms with Gasteiger partial charge in [0.2, 0.25) is 5.28 Å². The molecule has 0 saturated carbocycles. The summed E-state index contributed by atoms with van der Waals surface area (Å²) in [4.78, 5) is 19.9. The van der Waals surface area contributed by atoms with Crippen molar-refractivity contribution in [2.24, 2.45) is 7.05 Å². The Labute approximate surface area is 104 Å². The smallest absolute Gasteiger partial charge is 0.302 e. The first kappa shape index (κ1) is 11.9. The van der Waals surface area contributed by atoms with E-state index in [4.69, 9.17) is 11.6 Å². The fourth-order valence-electron chi connectivity index (χ4n) is 1.67. The van der Waals surface area contributed by atoms with Crippen molar-refractivity contribution in [2.45, 2.75) is 19.8 Å². The molecule has 2 rings (SSSR count). The van der Waals surface area contributed by atoms with Crippen molar-refractivity contribution >= 4 is 11.6 Å². The van der Waals surface area contributed by atoms with Gasteiger partial charge in [0.25, 0.3) is 0 Å². The molecule has 0 spiro atoms. The molecule has 2 aromatic rings. The van der Waals surface area contributed by atoms with E-state index in [-0.39, 0.29) is 16.9 Å². The number of hydrogen-bond acceptors (Lipinski definition) is 3. The van der Waals surface area contributed by atoms with E-state index in [1.807, 2.05) is 20.0 Å². The zero-order valence-corrected chi connectivity index (χ0v) is 10.6. The van der Waals surface area contributed by atoms with Crippen LogP contribution in [0.3, 0.4) is 0 Å². The van der Waals surface area contributed by atoms with E-state index in [0.717, 1.165) is 5.69 Å². The second-order valence-corrected chi connectivity index (χ2v) is 4.46. The van der Waals surface area contributed by atoms with Gasteiger partial charge in [0.05, 0.1) is 0 Å². The first-order valence-electron chi connectivity index (χ1n) is 5.28. The van der Waals surface area contributed by atoms with Crippen molar-refractivity contribution in [3.63, 3.8) is 0 Å². The Morgan fingerprint density at radius 3 is 2.71 bits per heavy atom. The Hall–Kier alpha value is -1.62. The molecule has 0 N–H and O–H groups in total. The zero-order valence-electron chi connectivity index (χ0n) is 9.88. The average molecular weight is 253 g/mol. The molecule has 0 fully saturated rings.